The number of aryl methyl sites for hydroxylation is 1. The predicted octanol–water partition coefficient (Wildman–Crippen LogP) is 3.47. The lowest BCUT2D eigenvalue weighted by molar-refractivity contribution is 0.0363. The molecule has 0 bridgehead atoms. The van der Waals surface area contributed by atoms with E-state index in [9.17, 15) is 5.11 Å². The van der Waals surface area contributed by atoms with Gasteiger partial charge in [-0.25, -0.2) is 0 Å². The molecule has 0 saturated carbocycles. The molecular formula is C13H19BrO2. The Morgan fingerprint density at radius 2 is 2.12 bits per heavy atom. The summed E-state index contributed by atoms with van der Waals surface area (Å²) in [4.78, 5) is 0. The van der Waals surface area contributed by atoms with Crippen LogP contribution in [-0.4, -0.2) is 18.3 Å². The molecule has 90 valence electrons. The molecule has 1 N–H and O–H groups in total. The van der Waals surface area contributed by atoms with Gasteiger partial charge in [-0.15, -0.1) is 0 Å². The molecule has 0 radical (unpaired) electrons. The van der Waals surface area contributed by atoms with Crippen LogP contribution in [0.4, 0.5) is 0 Å². The van der Waals surface area contributed by atoms with E-state index < -0.39 is 6.10 Å². The molecule has 1 unspecified atom stereocenters. The number of benzene rings is 1. The highest BCUT2D eigenvalue weighted by atomic mass is 79.9. The fraction of sp³-hybridized carbons (Fsp3) is 0.538. The monoisotopic (exact) mass is 286 g/mol. The highest BCUT2D eigenvalue weighted by Gasteiger charge is 2.09. The molecule has 1 atom stereocenters. The number of hydrogen-bond donors (Lipinski definition) is 1. The number of aliphatic hydroxyl groups excluding tert-OH is 1. The summed E-state index contributed by atoms with van der Waals surface area (Å²) in [5, 5.41) is 9.92. The van der Waals surface area contributed by atoms with Crippen LogP contribution in [0.5, 0.6) is 0 Å². The largest absolute Gasteiger partial charge is 0.386 e. The molecule has 0 saturated heterocycles. The van der Waals surface area contributed by atoms with Crippen molar-refractivity contribution in [3.63, 3.8) is 0 Å². The van der Waals surface area contributed by atoms with Crippen molar-refractivity contribution in [3.8, 4) is 0 Å². The smallest absolute Gasteiger partial charge is 0.102 e. The molecule has 1 aromatic carbocycles. The van der Waals surface area contributed by atoms with E-state index in [1.54, 1.807) is 0 Å². The fourth-order valence-electron chi connectivity index (χ4n) is 1.51. The van der Waals surface area contributed by atoms with Gasteiger partial charge in [0.2, 0.25) is 0 Å². The second-order valence-corrected chi connectivity index (χ2v) is 4.65. The first-order valence-corrected chi connectivity index (χ1v) is 6.52. The first kappa shape index (κ1) is 13.7. The maximum absolute atomic E-state index is 9.92. The molecule has 16 heavy (non-hydrogen) atoms. The zero-order valence-corrected chi connectivity index (χ0v) is 11.5. The Balaban J connectivity index is 2.64. The van der Waals surface area contributed by atoms with Crippen molar-refractivity contribution in [1.29, 1.82) is 0 Å². The summed E-state index contributed by atoms with van der Waals surface area (Å²) in [6.45, 7) is 5.23. The van der Waals surface area contributed by atoms with Gasteiger partial charge in [-0.2, -0.15) is 0 Å². The molecular weight excluding hydrogens is 268 g/mol. The van der Waals surface area contributed by atoms with Gasteiger partial charge in [-0.3, -0.25) is 0 Å². The molecule has 0 fully saturated rings. The molecule has 1 rings (SSSR count). The summed E-state index contributed by atoms with van der Waals surface area (Å²) < 4.78 is 6.44. The maximum Gasteiger partial charge on any atom is 0.102 e. The van der Waals surface area contributed by atoms with Crippen molar-refractivity contribution in [2.45, 2.75) is 32.8 Å². The molecule has 0 amide bonds. The van der Waals surface area contributed by atoms with E-state index in [1.807, 2.05) is 18.2 Å². The summed E-state index contributed by atoms with van der Waals surface area (Å²) in [6.07, 6.45) is 1.41. The van der Waals surface area contributed by atoms with Crippen molar-refractivity contribution in [1.82, 2.24) is 0 Å². The van der Waals surface area contributed by atoms with E-state index in [0.717, 1.165) is 22.9 Å². The molecule has 2 nitrogen and oxygen atoms in total. The van der Waals surface area contributed by atoms with Gasteiger partial charge in [0, 0.05) is 11.1 Å². The average Bonchev–Trinajstić information content (AvgIpc) is 2.30. The van der Waals surface area contributed by atoms with Crippen LogP contribution in [0.25, 0.3) is 0 Å². The minimum absolute atomic E-state index is 0.374. The zero-order chi connectivity index (χ0) is 12.0. The van der Waals surface area contributed by atoms with Crippen LogP contribution in [0.3, 0.4) is 0 Å². The Morgan fingerprint density at radius 1 is 1.38 bits per heavy atom. The topological polar surface area (TPSA) is 29.5 Å². The average molecular weight is 287 g/mol. The number of rotatable bonds is 6. The summed E-state index contributed by atoms with van der Waals surface area (Å²) in [7, 11) is 0. The van der Waals surface area contributed by atoms with Gasteiger partial charge >= 0.3 is 0 Å². The quantitative estimate of drug-likeness (QED) is 0.812. The zero-order valence-electron chi connectivity index (χ0n) is 9.87. The first-order chi connectivity index (χ1) is 7.69. The van der Waals surface area contributed by atoms with Crippen LogP contribution in [0.15, 0.2) is 22.7 Å². The van der Waals surface area contributed by atoms with E-state index in [0.29, 0.717) is 13.2 Å². The van der Waals surface area contributed by atoms with Gasteiger partial charge in [-0.05, 0) is 30.0 Å². The molecule has 0 aliphatic rings. The van der Waals surface area contributed by atoms with Gasteiger partial charge in [0.15, 0.2) is 0 Å². The summed E-state index contributed by atoms with van der Waals surface area (Å²) in [5.74, 6) is 0. The van der Waals surface area contributed by atoms with E-state index in [4.69, 9.17) is 4.74 Å². The molecule has 0 aliphatic heterocycles. The SMILES string of the molecule is CCCOCC(O)c1ccc(Br)c(CC)c1. The normalized spacial score (nSPS) is 12.8. The number of halogens is 1. The van der Waals surface area contributed by atoms with Crippen LogP contribution in [0.1, 0.15) is 37.5 Å². The third kappa shape index (κ3) is 3.89. The molecule has 1 aromatic rings. The Labute approximate surface area is 106 Å². The standard InChI is InChI=1S/C13H19BrO2/c1-3-7-16-9-13(15)11-5-6-12(14)10(4-2)8-11/h5-6,8,13,15H,3-4,7,9H2,1-2H3. The highest BCUT2D eigenvalue weighted by Crippen LogP contribution is 2.22. The van der Waals surface area contributed by atoms with E-state index >= 15 is 0 Å². The van der Waals surface area contributed by atoms with Gasteiger partial charge in [-0.1, -0.05) is 41.9 Å². The Morgan fingerprint density at radius 3 is 2.75 bits per heavy atom. The van der Waals surface area contributed by atoms with Crippen molar-refractivity contribution in [3.05, 3.63) is 33.8 Å². The van der Waals surface area contributed by atoms with Gasteiger partial charge in [0.1, 0.15) is 6.10 Å². The maximum atomic E-state index is 9.92. The third-order valence-corrected chi connectivity index (χ3v) is 3.23. The minimum Gasteiger partial charge on any atom is -0.386 e. The van der Waals surface area contributed by atoms with Crippen molar-refractivity contribution in [2.75, 3.05) is 13.2 Å². The van der Waals surface area contributed by atoms with Crippen molar-refractivity contribution in [2.24, 2.45) is 0 Å². The molecule has 0 aliphatic carbocycles. The van der Waals surface area contributed by atoms with Crippen molar-refractivity contribution < 1.29 is 9.84 Å². The molecule has 3 heteroatoms. The molecule has 0 aromatic heterocycles. The molecule has 0 heterocycles. The highest BCUT2D eigenvalue weighted by molar-refractivity contribution is 9.10. The van der Waals surface area contributed by atoms with E-state index in [1.165, 1.54) is 5.56 Å². The lowest BCUT2D eigenvalue weighted by Crippen LogP contribution is -2.08. The van der Waals surface area contributed by atoms with Crippen molar-refractivity contribution >= 4 is 15.9 Å². The summed E-state index contributed by atoms with van der Waals surface area (Å²) in [6, 6.07) is 5.95. The van der Waals surface area contributed by atoms with E-state index in [2.05, 4.69) is 29.8 Å². The first-order valence-electron chi connectivity index (χ1n) is 5.73. The van der Waals surface area contributed by atoms with Crippen LogP contribution in [-0.2, 0) is 11.2 Å². The minimum atomic E-state index is -0.523. The second kappa shape index (κ2) is 7.05. The Bertz CT molecular complexity index is 326. The lowest BCUT2D eigenvalue weighted by Gasteiger charge is -2.13. The fourth-order valence-corrected chi connectivity index (χ4v) is 2.04. The number of hydrogen-bond acceptors (Lipinski definition) is 2. The van der Waals surface area contributed by atoms with Gasteiger partial charge < -0.3 is 9.84 Å². The van der Waals surface area contributed by atoms with E-state index in [-0.39, 0.29) is 0 Å². The Kier molecular flexibility index (Phi) is 6.03. The second-order valence-electron chi connectivity index (χ2n) is 3.80. The van der Waals surface area contributed by atoms with Crippen LogP contribution in [0.2, 0.25) is 0 Å². The van der Waals surface area contributed by atoms with Crippen LogP contribution < -0.4 is 0 Å². The lowest BCUT2D eigenvalue weighted by atomic mass is 10.1. The van der Waals surface area contributed by atoms with Crippen LogP contribution in [0, 0.1) is 0 Å². The summed E-state index contributed by atoms with van der Waals surface area (Å²) in [5.41, 5.74) is 2.14. The van der Waals surface area contributed by atoms with Gasteiger partial charge in [0.05, 0.1) is 6.61 Å². The Hall–Kier alpha value is -0.380. The summed E-state index contributed by atoms with van der Waals surface area (Å²) >= 11 is 3.49. The van der Waals surface area contributed by atoms with Crippen LogP contribution >= 0.6 is 15.9 Å². The number of aliphatic hydroxyl groups is 1. The third-order valence-electron chi connectivity index (χ3n) is 2.46. The predicted molar refractivity (Wildman–Crippen MR) is 69.6 cm³/mol. The van der Waals surface area contributed by atoms with Gasteiger partial charge in [0.25, 0.3) is 0 Å². The molecule has 0 spiro atoms. The number of ether oxygens (including phenoxy) is 1.